The number of alkyl halides is 3. The first-order valence-electron chi connectivity index (χ1n) is 10.4. The van der Waals surface area contributed by atoms with Gasteiger partial charge >= 0.3 is 12.1 Å². The van der Waals surface area contributed by atoms with Crippen LogP contribution in [0.15, 0.2) is 72.8 Å². The lowest BCUT2D eigenvalue weighted by Gasteiger charge is -2.16. The maximum absolute atomic E-state index is 13.3. The average molecular weight is 467 g/mol. The molecule has 0 aliphatic rings. The number of carbonyl (C=O) groups is 2. The van der Waals surface area contributed by atoms with Crippen LogP contribution in [0.5, 0.6) is 0 Å². The molecule has 4 aromatic rings. The van der Waals surface area contributed by atoms with Crippen molar-refractivity contribution in [3.8, 4) is 0 Å². The van der Waals surface area contributed by atoms with Crippen molar-refractivity contribution in [3.63, 3.8) is 0 Å². The predicted molar refractivity (Wildman–Crippen MR) is 120 cm³/mol. The molecule has 0 aliphatic carbocycles. The molecule has 3 aromatic carbocycles. The van der Waals surface area contributed by atoms with Crippen LogP contribution in [0.1, 0.15) is 50.5 Å². The molecule has 34 heavy (non-hydrogen) atoms. The number of nitrogens with one attached hydrogen (secondary N) is 1. The SMILES string of the molecule is C[C@H](NC(=O)c1c2ccccc2nn1Cc1ccc(C(F)(F)F)cc1)c1ccc(C(=O)O)cc1. The normalized spacial score (nSPS) is 12.5. The molecule has 0 saturated heterocycles. The summed E-state index contributed by atoms with van der Waals surface area (Å²) in [4.78, 5) is 24.3. The topological polar surface area (TPSA) is 84.2 Å². The molecule has 6 nitrogen and oxygen atoms in total. The van der Waals surface area contributed by atoms with E-state index < -0.39 is 29.7 Å². The smallest absolute Gasteiger partial charge is 0.416 e. The number of carbonyl (C=O) groups excluding carboxylic acids is 1. The highest BCUT2D eigenvalue weighted by Crippen LogP contribution is 2.29. The monoisotopic (exact) mass is 467 g/mol. The Morgan fingerprint density at radius 2 is 1.65 bits per heavy atom. The highest BCUT2D eigenvalue weighted by Gasteiger charge is 2.30. The van der Waals surface area contributed by atoms with Crippen LogP contribution < -0.4 is 5.32 Å². The summed E-state index contributed by atoms with van der Waals surface area (Å²) in [5.41, 5.74) is 1.54. The summed E-state index contributed by atoms with van der Waals surface area (Å²) in [6.45, 7) is 1.88. The van der Waals surface area contributed by atoms with Gasteiger partial charge in [0.25, 0.3) is 5.91 Å². The van der Waals surface area contributed by atoms with E-state index in [9.17, 15) is 22.8 Å². The molecule has 1 aromatic heterocycles. The van der Waals surface area contributed by atoms with Gasteiger partial charge < -0.3 is 10.4 Å². The van der Waals surface area contributed by atoms with Crippen LogP contribution in [0, 0.1) is 0 Å². The molecule has 0 saturated carbocycles. The molecule has 0 unspecified atom stereocenters. The Morgan fingerprint density at radius 1 is 1.00 bits per heavy atom. The Hall–Kier alpha value is -4.14. The number of rotatable bonds is 6. The molecule has 0 radical (unpaired) electrons. The van der Waals surface area contributed by atoms with Gasteiger partial charge in [-0.05, 0) is 48.4 Å². The summed E-state index contributed by atoms with van der Waals surface area (Å²) in [7, 11) is 0. The van der Waals surface area contributed by atoms with Crippen LogP contribution in [0.4, 0.5) is 13.2 Å². The minimum Gasteiger partial charge on any atom is -0.478 e. The lowest BCUT2D eigenvalue weighted by molar-refractivity contribution is -0.137. The van der Waals surface area contributed by atoms with Crippen LogP contribution in [0.2, 0.25) is 0 Å². The number of carboxylic acids is 1. The molecule has 0 bridgehead atoms. The van der Waals surface area contributed by atoms with E-state index in [1.165, 1.54) is 28.9 Å². The van der Waals surface area contributed by atoms with Gasteiger partial charge in [0.15, 0.2) is 0 Å². The van der Waals surface area contributed by atoms with Gasteiger partial charge in [0.05, 0.1) is 29.2 Å². The van der Waals surface area contributed by atoms with Gasteiger partial charge in [-0.15, -0.1) is 0 Å². The predicted octanol–water partition coefficient (Wildman–Crippen LogP) is 5.29. The van der Waals surface area contributed by atoms with Crippen LogP contribution >= 0.6 is 0 Å². The first kappa shape index (κ1) is 23.0. The van der Waals surface area contributed by atoms with Crippen molar-refractivity contribution in [1.29, 1.82) is 0 Å². The summed E-state index contributed by atoms with van der Waals surface area (Å²) >= 11 is 0. The Kier molecular flexibility index (Phi) is 6.10. The van der Waals surface area contributed by atoms with Crippen LogP contribution in [-0.2, 0) is 12.7 Å². The number of carboxylic acid groups (broad SMARTS) is 1. The Bertz CT molecular complexity index is 1340. The summed E-state index contributed by atoms with van der Waals surface area (Å²) in [5.74, 6) is -1.45. The molecule has 1 heterocycles. The number of hydrogen-bond acceptors (Lipinski definition) is 3. The summed E-state index contributed by atoms with van der Waals surface area (Å²) < 4.78 is 40.1. The van der Waals surface area contributed by atoms with E-state index in [2.05, 4.69) is 10.4 Å². The Morgan fingerprint density at radius 3 is 2.26 bits per heavy atom. The van der Waals surface area contributed by atoms with Gasteiger partial charge in [0, 0.05) is 5.39 Å². The van der Waals surface area contributed by atoms with Gasteiger partial charge in [0.2, 0.25) is 0 Å². The zero-order valence-corrected chi connectivity index (χ0v) is 18.0. The maximum atomic E-state index is 13.3. The minimum atomic E-state index is -4.43. The summed E-state index contributed by atoms with van der Waals surface area (Å²) in [6, 6.07) is 17.6. The van der Waals surface area contributed by atoms with Gasteiger partial charge in [-0.25, -0.2) is 4.79 Å². The molecule has 0 fully saturated rings. The van der Waals surface area contributed by atoms with Crippen molar-refractivity contribution in [2.45, 2.75) is 25.7 Å². The zero-order valence-electron chi connectivity index (χ0n) is 18.0. The number of hydrogen-bond donors (Lipinski definition) is 2. The van der Waals surface area contributed by atoms with Gasteiger partial charge in [-0.3, -0.25) is 9.48 Å². The number of halogens is 3. The van der Waals surface area contributed by atoms with E-state index in [1.807, 2.05) is 0 Å². The van der Waals surface area contributed by atoms with Gasteiger partial charge in [0.1, 0.15) is 5.69 Å². The van der Waals surface area contributed by atoms with Crippen LogP contribution in [-0.4, -0.2) is 26.8 Å². The zero-order chi connectivity index (χ0) is 24.5. The number of aromatic carboxylic acids is 1. The fourth-order valence-corrected chi connectivity index (χ4v) is 3.67. The molecule has 2 N–H and O–H groups in total. The van der Waals surface area contributed by atoms with Crippen LogP contribution in [0.3, 0.4) is 0 Å². The number of benzene rings is 3. The lowest BCUT2D eigenvalue weighted by atomic mass is 10.1. The van der Waals surface area contributed by atoms with Crippen molar-refractivity contribution >= 4 is 22.8 Å². The van der Waals surface area contributed by atoms with Gasteiger partial charge in [-0.1, -0.05) is 42.5 Å². The average Bonchev–Trinajstić information content (AvgIpc) is 3.16. The third-order valence-corrected chi connectivity index (χ3v) is 5.48. The highest BCUT2D eigenvalue weighted by molar-refractivity contribution is 6.05. The van der Waals surface area contributed by atoms with Crippen molar-refractivity contribution in [1.82, 2.24) is 15.1 Å². The number of amides is 1. The fourth-order valence-electron chi connectivity index (χ4n) is 3.67. The van der Waals surface area contributed by atoms with E-state index in [-0.39, 0.29) is 17.8 Å². The first-order chi connectivity index (χ1) is 16.1. The van der Waals surface area contributed by atoms with Gasteiger partial charge in [-0.2, -0.15) is 18.3 Å². The number of nitrogens with zero attached hydrogens (tertiary/aromatic N) is 2. The summed E-state index contributed by atoms with van der Waals surface area (Å²) in [5, 5.41) is 17.0. The van der Waals surface area contributed by atoms with Crippen molar-refractivity contribution < 1.29 is 27.9 Å². The quantitative estimate of drug-likeness (QED) is 0.404. The second kappa shape index (κ2) is 9.01. The molecule has 0 spiro atoms. The molecule has 1 amide bonds. The maximum Gasteiger partial charge on any atom is 0.416 e. The lowest BCUT2D eigenvalue weighted by Crippen LogP contribution is -2.29. The number of fused-ring (bicyclic) bond motifs is 1. The molecule has 174 valence electrons. The third-order valence-electron chi connectivity index (χ3n) is 5.48. The Labute approximate surface area is 192 Å². The fraction of sp³-hybridized carbons (Fsp3) is 0.160. The Balaban J connectivity index is 1.61. The van der Waals surface area contributed by atoms with Crippen molar-refractivity contribution in [2.75, 3.05) is 0 Å². The first-order valence-corrected chi connectivity index (χ1v) is 10.4. The molecular weight excluding hydrogens is 447 g/mol. The molecule has 4 rings (SSSR count). The molecule has 0 aliphatic heterocycles. The number of aromatic nitrogens is 2. The second-order valence-electron chi connectivity index (χ2n) is 7.84. The van der Waals surface area contributed by atoms with E-state index in [4.69, 9.17) is 5.11 Å². The third kappa shape index (κ3) is 4.78. The molecule has 1 atom stereocenters. The van der Waals surface area contributed by atoms with E-state index in [1.54, 1.807) is 43.3 Å². The summed E-state index contributed by atoms with van der Waals surface area (Å²) in [6.07, 6.45) is -4.43. The molecular formula is C25H20F3N3O3. The standard InChI is InChI=1S/C25H20F3N3O3/c1-15(17-8-10-18(11-9-17)24(33)34)29-23(32)22-20-4-2-3-5-21(20)30-31(22)14-16-6-12-19(13-7-16)25(26,27)28/h2-13,15H,14H2,1H3,(H,29,32)(H,33,34)/t15-/m0/s1. The van der Waals surface area contributed by atoms with Crippen LogP contribution in [0.25, 0.3) is 10.9 Å². The highest BCUT2D eigenvalue weighted by atomic mass is 19.4. The van der Waals surface area contributed by atoms with E-state index >= 15 is 0 Å². The van der Waals surface area contributed by atoms with Crippen molar-refractivity contribution in [3.05, 3.63) is 101 Å². The molecule has 9 heteroatoms. The van der Waals surface area contributed by atoms with E-state index in [0.29, 0.717) is 16.5 Å². The minimum absolute atomic E-state index is 0.108. The van der Waals surface area contributed by atoms with E-state index in [0.717, 1.165) is 17.7 Å². The van der Waals surface area contributed by atoms with Crippen molar-refractivity contribution in [2.24, 2.45) is 0 Å². The second-order valence-corrected chi connectivity index (χ2v) is 7.84. The largest absolute Gasteiger partial charge is 0.478 e.